The van der Waals surface area contributed by atoms with Crippen molar-refractivity contribution in [3.05, 3.63) is 47.5 Å². The van der Waals surface area contributed by atoms with Crippen LogP contribution in [0.4, 0.5) is 10.8 Å². The number of ether oxygens (including phenoxy) is 2. The van der Waals surface area contributed by atoms with Crippen molar-refractivity contribution in [3.8, 4) is 22.1 Å². The number of hydrogen-bond donors (Lipinski definition) is 1. The van der Waals surface area contributed by atoms with Crippen LogP contribution in [0.5, 0.6) is 11.5 Å². The van der Waals surface area contributed by atoms with Gasteiger partial charge in [0.25, 0.3) is 5.91 Å². The molecule has 31 heavy (non-hydrogen) atoms. The zero-order valence-electron chi connectivity index (χ0n) is 16.4. The van der Waals surface area contributed by atoms with E-state index in [9.17, 15) is 13.2 Å². The molecule has 0 fully saturated rings. The summed E-state index contributed by atoms with van der Waals surface area (Å²) in [5.74, 6) is 0.428. The van der Waals surface area contributed by atoms with Gasteiger partial charge in [-0.3, -0.25) is 14.4 Å². The first-order chi connectivity index (χ1) is 14.7. The summed E-state index contributed by atoms with van der Waals surface area (Å²) in [5.41, 5.74) is 1.11. The maximum atomic E-state index is 12.8. The van der Waals surface area contributed by atoms with E-state index in [4.69, 9.17) is 21.1 Å². The summed E-state index contributed by atoms with van der Waals surface area (Å²) in [4.78, 5) is 12.8. The summed E-state index contributed by atoms with van der Waals surface area (Å²) in [6, 6.07) is 11.8. The van der Waals surface area contributed by atoms with Crippen molar-refractivity contribution in [3.63, 3.8) is 0 Å². The van der Waals surface area contributed by atoms with Crippen molar-refractivity contribution in [2.24, 2.45) is 0 Å². The summed E-state index contributed by atoms with van der Waals surface area (Å²) < 4.78 is 36.5. The molecule has 1 aliphatic rings. The Hall–Kier alpha value is -2.89. The average Bonchev–Trinajstić information content (AvgIpc) is 3.20. The van der Waals surface area contributed by atoms with E-state index >= 15 is 0 Å². The van der Waals surface area contributed by atoms with Gasteiger partial charge in [-0.25, -0.2) is 8.42 Å². The molecule has 1 amide bonds. The van der Waals surface area contributed by atoms with Gasteiger partial charge in [0.1, 0.15) is 16.5 Å². The van der Waals surface area contributed by atoms with Crippen LogP contribution in [-0.4, -0.2) is 50.5 Å². The van der Waals surface area contributed by atoms with Gasteiger partial charge in [-0.15, -0.1) is 10.2 Å². The molecule has 0 saturated carbocycles. The van der Waals surface area contributed by atoms with Gasteiger partial charge in [0.05, 0.1) is 25.6 Å². The van der Waals surface area contributed by atoms with E-state index in [-0.39, 0.29) is 23.1 Å². The number of fused-ring (bicyclic) bond motifs is 1. The number of nitrogens with zero attached hydrogens (tertiary/aromatic N) is 3. The Balaban J connectivity index is 1.52. The lowest BCUT2D eigenvalue weighted by Crippen LogP contribution is -2.48. The fourth-order valence-corrected chi connectivity index (χ4v) is 4.81. The number of benzene rings is 2. The SMILES string of the molecule is COc1ccc(-c2nnc(NC(=O)[C@H]3CN(S(C)(=O)=O)c4cc(Cl)ccc4O3)s2)cc1. The van der Waals surface area contributed by atoms with Gasteiger partial charge < -0.3 is 9.47 Å². The number of carbonyl (C=O) groups is 1. The molecular weight excluding hydrogens is 464 g/mol. The van der Waals surface area contributed by atoms with Crippen molar-refractivity contribution in [1.82, 2.24) is 10.2 Å². The van der Waals surface area contributed by atoms with E-state index in [1.54, 1.807) is 25.3 Å². The predicted molar refractivity (Wildman–Crippen MR) is 119 cm³/mol. The number of nitrogens with one attached hydrogen (secondary N) is 1. The number of methoxy groups -OCH3 is 1. The van der Waals surface area contributed by atoms with Gasteiger partial charge in [-0.05, 0) is 42.5 Å². The second-order valence-electron chi connectivity index (χ2n) is 6.64. The lowest BCUT2D eigenvalue weighted by atomic mass is 10.2. The Morgan fingerprint density at radius 1 is 1.26 bits per heavy atom. The highest BCUT2D eigenvalue weighted by Crippen LogP contribution is 2.37. The van der Waals surface area contributed by atoms with E-state index in [0.29, 0.717) is 15.8 Å². The van der Waals surface area contributed by atoms with E-state index in [2.05, 4.69) is 15.5 Å². The molecule has 1 aromatic heterocycles. The molecule has 4 rings (SSSR count). The minimum Gasteiger partial charge on any atom is -0.497 e. The number of hydrogen-bond acceptors (Lipinski definition) is 8. The molecule has 0 bridgehead atoms. The molecule has 12 heteroatoms. The Morgan fingerprint density at radius 2 is 2.00 bits per heavy atom. The Morgan fingerprint density at radius 3 is 2.68 bits per heavy atom. The minimum absolute atomic E-state index is 0.192. The highest BCUT2D eigenvalue weighted by Gasteiger charge is 2.35. The number of rotatable bonds is 5. The Labute approximate surface area is 187 Å². The molecule has 0 saturated heterocycles. The first kappa shape index (κ1) is 21.3. The van der Waals surface area contributed by atoms with Crippen molar-refractivity contribution in [1.29, 1.82) is 0 Å². The first-order valence-electron chi connectivity index (χ1n) is 8.97. The summed E-state index contributed by atoms with van der Waals surface area (Å²) in [6.07, 6.45) is -0.0131. The summed E-state index contributed by atoms with van der Waals surface area (Å²) in [6.45, 7) is -0.192. The number of amides is 1. The van der Waals surface area contributed by atoms with Crippen LogP contribution in [0, 0.1) is 0 Å². The van der Waals surface area contributed by atoms with Crippen molar-refractivity contribution in [2.75, 3.05) is 29.5 Å². The van der Waals surface area contributed by atoms with Crippen LogP contribution in [0.25, 0.3) is 10.6 Å². The second-order valence-corrected chi connectivity index (χ2v) is 9.96. The molecule has 0 unspecified atom stereocenters. The molecule has 9 nitrogen and oxygen atoms in total. The average molecular weight is 481 g/mol. The molecular formula is C19H17ClN4O5S2. The fraction of sp³-hybridized carbons (Fsp3) is 0.211. The fourth-order valence-electron chi connectivity index (χ4n) is 2.98. The monoisotopic (exact) mass is 480 g/mol. The first-order valence-corrected chi connectivity index (χ1v) is 12.0. The number of anilines is 2. The standard InChI is InChI=1S/C19H17ClN4O5S2/c1-28-13-6-3-11(4-7-13)18-22-23-19(30-18)21-17(25)16-10-24(31(2,26)27)14-9-12(20)5-8-15(14)29-16/h3-9,16H,10H2,1-2H3,(H,21,23,25)/t16-/m1/s1. The Kier molecular flexibility index (Phi) is 5.73. The van der Waals surface area contributed by atoms with Crippen LogP contribution < -0.4 is 19.1 Å². The molecule has 0 aliphatic carbocycles. The molecule has 3 aromatic rings. The molecule has 0 spiro atoms. The highest BCUT2D eigenvalue weighted by molar-refractivity contribution is 7.92. The van der Waals surface area contributed by atoms with Crippen molar-refractivity contribution >= 4 is 49.7 Å². The van der Waals surface area contributed by atoms with Crippen LogP contribution in [0.2, 0.25) is 5.02 Å². The Bertz CT molecular complexity index is 1230. The van der Waals surface area contributed by atoms with Crippen LogP contribution in [0.1, 0.15) is 0 Å². The van der Waals surface area contributed by atoms with Gasteiger partial charge in [0.2, 0.25) is 15.2 Å². The van der Waals surface area contributed by atoms with E-state index < -0.39 is 22.0 Å². The normalized spacial score (nSPS) is 15.7. The third-order valence-electron chi connectivity index (χ3n) is 4.48. The third kappa shape index (κ3) is 4.58. The largest absolute Gasteiger partial charge is 0.497 e. The van der Waals surface area contributed by atoms with Gasteiger partial charge in [-0.1, -0.05) is 22.9 Å². The lowest BCUT2D eigenvalue weighted by molar-refractivity contribution is -0.122. The number of aromatic nitrogens is 2. The maximum absolute atomic E-state index is 12.8. The lowest BCUT2D eigenvalue weighted by Gasteiger charge is -2.33. The van der Waals surface area contributed by atoms with E-state index in [1.807, 2.05) is 12.1 Å². The molecule has 0 radical (unpaired) electrons. The van der Waals surface area contributed by atoms with E-state index in [1.165, 1.54) is 23.5 Å². The summed E-state index contributed by atoms with van der Waals surface area (Å²) in [5, 5.41) is 12.0. The molecule has 2 aromatic carbocycles. The number of carbonyl (C=O) groups excluding carboxylic acids is 1. The molecule has 1 atom stereocenters. The van der Waals surface area contributed by atoms with Gasteiger partial charge in [0.15, 0.2) is 6.10 Å². The van der Waals surface area contributed by atoms with Gasteiger partial charge >= 0.3 is 0 Å². The van der Waals surface area contributed by atoms with Crippen LogP contribution in [0.3, 0.4) is 0 Å². The summed E-state index contributed by atoms with van der Waals surface area (Å²) in [7, 11) is -2.07. The van der Waals surface area contributed by atoms with Crippen LogP contribution in [0.15, 0.2) is 42.5 Å². The maximum Gasteiger partial charge on any atom is 0.269 e. The zero-order valence-corrected chi connectivity index (χ0v) is 18.8. The molecule has 162 valence electrons. The summed E-state index contributed by atoms with van der Waals surface area (Å²) >= 11 is 7.18. The van der Waals surface area contributed by atoms with Crippen LogP contribution in [-0.2, 0) is 14.8 Å². The number of halogens is 1. The molecule has 2 heterocycles. The number of sulfonamides is 1. The predicted octanol–water partition coefficient (Wildman–Crippen LogP) is 3.03. The highest BCUT2D eigenvalue weighted by atomic mass is 35.5. The van der Waals surface area contributed by atoms with Crippen molar-refractivity contribution < 1.29 is 22.7 Å². The molecule has 1 N–H and O–H groups in total. The van der Waals surface area contributed by atoms with E-state index in [0.717, 1.165) is 16.1 Å². The zero-order chi connectivity index (χ0) is 22.2. The topological polar surface area (TPSA) is 111 Å². The third-order valence-corrected chi connectivity index (χ3v) is 6.74. The second kappa shape index (κ2) is 8.33. The van der Waals surface area contributed by atoms with Crippen molar-refractivity contribution in [2.45, 2.75) is 6.10 Å². The smallest absolute Gasteiger partial charge is 0.269 e. The minimum atomic E-state index is -3.65. The van der Waals surface area contributed by atoms with Gasteiger partial charge in [0, 0.05) is 10.6 Å². The van der Waals surface area contributed by atoms with Crippen LogP contribution >= 0.6 is 22.9 Å². The quantitative estimate of drug-likeness (QED) is 0.597. The molecule has 1 aliphatic heterocycles. The van der Waals surface area contributed by atoms with Gasteiger partial charge in [-0.2, -0.15) is 0 Å².